The van der Waals surface area contributed by atoms with Crippen LogP contribution in [-0.2, 0) is 13.2 Å². The second-order valence-electron chi connectivity index (χ2n) is 5.41. The summed E-state index contributed by atoms with van der Waals surface area (Å²) in [4.78, 5) is 4.44. The summed E-state index contributed by atoms with van der Waals surface area (Å²) >= 11 is 1.65. The number of aromatic nitrogens is 1. The minimum absolute atomic E-state index is 0.549. The molecule has 0 aliphatic rings. The summed E-state index contributed by atoms with van der Waals surface area (Å²) in [5.74, 6) is 0.988. The van der Waals surface area contributed by atoms with E-state index in [1.807, 2.05) is 6.92 Å². The third kappa shape index (κ3) is 4.55. The van der Waals surface area contributed by atoms with E-state index in [2.05, 4.69) is 48.6 Å². The van der Waals surface area contributed by atoms with E-state index in [4.69, 9.17) is 4.74 Å². The van der Waals surface area contributed by atoms with Crippen LogP contribution in [0.1, 0.15) is 40.7 Å². The van der Waals surface area contributed by atoms with Crippen molar-refractivity contribution < 1.29 is 4.74 Å². The van der Waals surface area contributed by atoms with Gasteiger partial charge in [0.25, 0.3) is 0 Å². The van der Waals surface area contributed by atoms with Crippen molar-refractivity contribution in [2.45, 2.75) is 47.3 Å². The molecular weight excluding hydrogens is 280 g/mol. The van der Waals surface area contributed by atoms with E-state index in [1.54, 1.807) is 11.3 Å². The number of aryl methyl sites for hydroxylation is 3. The van der Waals surface area contributed by atoms with Crippen LogP contribution in [0, 0.1) is 20.8 Å². The zero-order chi connectivity index (χ0) is 15.2. The maximum absolute atomic E-state index is 5.98. The largest absolute Gasteiger partial charge is 0.486 e. The van der Waals surface area contributed by atoms with Gasteiger partial charge in [-0.25, -0.2) is 4.98 Å². The van der Waals surface area contributed by atoms with Gasteiger partial charge in [-0.05, 0) is 50.4 Å². The Hall–Kier alpha value is -1.39. The van der Waals surface area contributed by atoms with E-state index in [1.165, 1.54) is 16.7 Å². The summed E-state index contributed by atoms with van der Waals surface area (Å²) in [7, 11) is 0. The third-order valence-electron chi connectivity index (χ3n) is 3.28. The number of hydrogen-bond acceptors (Lipinski definition) is 4. The van der Waals surface area contributed by atoms with Gasteiger partial charge in [-0.2, -0.15) is 0 Å². The Kier molecular flexibility index (Phi) is 5.76. The molecule has 3 nitrogen and oxygen atoms in total. The Morgan fingerprint density at radius 2 is 1.90 bits per heavy atom. The fraction of sp³-hybridized carbons (Fsp3) is 0.471. The van der Waals surface area contributed by atoms with Crippen LogP contribution in [0.3, 0.4) is 0 Å². The predicted octanol–water partition coefficient (Wildman–Crippen LogP) is 4.15. The van der Waals surface area contributed by atoms with Crippen LogP contribution >= 0.6 is 11.3 Å². The van der Waals surface area contributed by atoms with E-state index in [0.717, 1.165) is 36.0 Å². The molecule has 114 valence electrons. The molecule has 0 radical (unpaired) electrons. The van der Waals surface area contributed by atoms with Crippen molar-refractivity contribution in [3.05, 3.63) is 44.9 Å². The highest BCUT2D eigenvalue weighted by Gasteiger charge is 2.08. The quantitative estimate of drug-likeness (QED) is 0.780. The standard InChI is InChI=1S/C17H24N2OS/c1-5-6-18-9-15-7-12(2)17(13(3)8-15)20-10-16-19-14(4)11-21-16/h7-8,11,18H,5-6,9-10H2,1-4H3. The van der Waals surface area contributed by atoms with Gasteiger partial charge in [-0.1, -0.05) is 19.1 Å². The van der Waals surface area contributed by atoms with Crippen molar-refractivity contribution >= 4 is 11.3 Å². The number of rotatable bonds is 7. The molecule has 0 amide bonds. The highest BCUT2D eigenvalue weighted by molar-refractivity contribution is 7.09. The molecule has 1 N–H and O–H groups in total. The third-order valence-corrected chi connectivity index (χ3v) is 4.22. The van der Waals surface area contributed by atoms with Crippen LogP contribution in [0.15, 0.2) is 17.5 Å². The topological polar surface area (TPSA) is 34.1 Å². The summed E-state index contributed by atoms with van der Waals surface area (Å²) in [5, 5.41) is 6.52. The first-order chi connectivity index (χ1) is 10.1. The molecule has 21 heavy (non-hydrogen) atoms. The molecule has 4 heteroatoms. The first-order valence-corrected chi connectivity index (χ1v) is 8.32. The molecule has 0 unspecified atom stereocenters. The average Bonchev–Trinajstić information content (AvgIpc) is 2.84. The smallest absolute Gasteiger partial charge is 0.140 e. The number of benzene rings is 1. The van der Waals surface area contributed by atoms with Gasteiger partial charge in [-0.15, -0.1) is 11.3 Å². The van der Waals surface area contributed by atoms with E-state index in [9.17, 15) is 0 Å². The molecule has 0 aliphatic carbocycles. The second-order valence-corrected chi connectivity index (χ2v) is 6.35. The van der Waals surface area contributed by atoms with Gasteiger partial charge in [0, 0.05) is 17.6 Å². The monoisotopic (exact) mass is 304 g/mol. The molecule has 2 rings (SSSR count). The summed E-state index contributed by atoms with van der Waals surface area (Å²) in [6.45, 7) is 10.9. The second kappa shape index (κ2) is 7.57. The molecule has 0 atom stereocenters. The Bertz CT molecular complexity index is 569. The number of thiazole rings is 1. The molecule has 0 fully saturated rings. The van der Waals surface area contributed by atoms with E-state index in [0.29, 0.717) is 6.61 Å². The van der Waals surface area contributed by atoms with Gasteiger partial charge in [0.15, 0.2) is 0 Å². The minimum atomic E-state index is 0.549. The zero-order valence-electron chi connectivity index (χ0n) is 13.3. The molecule has 1 aromatic carbocycles. The van der Waals surface area contributed by atoms with Crippen LogP contribution in [0.5, 0.6) is 5.75 Å². The Balaban J connectivity index is 2.02. The highest BCUT2D eigenvalue weighted by Crippen LogP contribution is 2.26. The maximum Gasteiger partial charge on any atom is 0.140 e. The van der Waals surface area contributed by atoms with Gasteiger partial charge in [0.05, 0.1) is 0 Å². The Morgan fingerprint density at radius 3 is 2.48 bits per heavy atom. The Morgan fingerprint density at radius 1 is 1.19 bits per heavy atom. The number of hydrogen-bond donors (Lipinski definition) is 1. The Labute approximate surface area is 131 Å². The highest BCUT2D eigenvalue weighted by atomic mass is 32.1. The molecule has 0 saturated heterocycles. The molecule has 0 spiro atoms. The summed E-state index contributed by atoms with van der Waals surface area (Å²) in [5.41, 5.74) is 4.76. The fourth-order valence-corrected chi connectivity index (χ4v) is 3.07. The van der Waals surface area contributed by atoms with Crippen molar-refractivity contribution in [2.75, 3.05) is 6.54 Å². The van der Waals surface area contributed by atoms with Crippen molar-refractivity contribution in [3.8, 4) is 5.75 Å². The number of nitrogens with zero attached hydrogens (tertiary/aromatic N) is 1. The molecular formula is C17H24N2OS. The first kappa shape index (κ1) is 16.0. The van der Waals surface area contributed by atoms with Crippen LogP contribution in [0.25, 0.3) is 0 Å². The number of nitrogens with one attached hydrogen (secondary N) is 1. The lowest BCUT2D eigenvalue weighted by atomic mass is 10.1. The van der Waals surface area contributed by atoms with E-state index < -0.39 is 0 Å². The molecule has 0 saturated carbocycles. The van der Waals surface area contributed by atoms with Crippen LogP contribution in [0.2, 0.25) is 0 Å². The van der Waals surface area contributed by atoms with Gasteiger partial charge in [0.1, 0.15) is 17.4 Å². The SMILES string of the molecule is CCCNCc1cc(C)c(OCc2nc(C)cs2)c(C)c1. The minimum Gasteiger partial charge on any atom is -0.486 e. The van der Waals surface area contributed by atoms with Crippen LogP contribution in [-0.4, -0.2) is 11.5 Å². The van der Waals surface area contributed by atoms with Crippen molar-refractivity contribution in [1.82, 2.24) is 10.3 Å². The van der Waals surface area contributed by atoms with Gasteiger partial charge >= 0.3 is 0 Å². The summed E-state index contributed by atoms with van der Waals surface area (Å²) in [6.07, 6.45) is 1.16. The number of ether oxygens (including phenoxy) is 1. The maximum atomic E-state index is 5.98. The summed E-state index contributed by atoms with van der Waals surface area (Å²) in [6, 6.07) is 4.41. The lowest BCUT2D eigenvalue weighted by molar-refractivity contribution is 0.301. The molecule has 0 aliphatic heterocycles. The van der Waals surface area contributed by atoms with Gasteiger partial charge < -0.3 is 10.1 Å². The molecule has 0 bridgehead atoms. The average molecular weight is 304 g/mol. The van der Waals surface area contributed by atoms with E-state index in [-0.39, 0.29) is 0 Å². The normalized spacial score (nSPS) is 10.9. The lowest BCUT2D eigenvalue weighted by Gasteiger charge is -2.13. The van der Waals surface area contributed by atoms with Crippen molar-refractivity contribution in [3.63, 3.8) is 0 Å². The zero-order valence-corrected chi connectivity index (χ0v) is 14.1. The molecule has 1 heterocycles. The van der Waals surface area contributed by atoms with Crippen LogP contribution < -0.4 is 10.1 Å². The molecule has 1 aromatic heterocycles. The summed E-state index contributed by atoms with van der Waals surface area (Å²) < 4.78 is 5.98. The van der Waals surface area contributed by atoms with Crippen molar-refractivity contribution in [1.29, 1.82) is 0 Å². The fourth-order valence-electron chi connectivity index (χ4n) is 2.38. The molecule has 2 aromatic rings. The lowest BCUT2D eigenvalue weighted by Crippen LogP contribution is -2.14. The van der Waals surface area contributed by atoms with E-state index >= 15 is 0 Å². The van der Waals surface area contributed by atoms with Gasteiger partial charge in [-0.3, -0.25) is 0 Å². The van der Waals surface area contributed by atoms with Gasteiger partial charge in [0.2, 0.25) is 0 Å². The van der Waals surface area contributed by atoms with Crippen molar-refractivity contribution in [2.24, 2.45) is 0 Å². The first-order valence-electron chi connectivity index (χ1n) is 7.44. The van der Waals surface area contributed by atoms with Crippen LogP contribution in [0.4, 0.5) is 0 Å². The predicted molar refractivity (Wildman–Crippen MR) is 89.1 cm³/mol.